The first-order valence-corrected chi connectivity index (χ1v) is 10.5. The molecule has 2 heterocycles. The number of rotatable bonds is 6. The summed E-state index contributed by atoms with van der Waals surface area (Å²) in [6.07, 6.45) is 3.33. The first kappa shape index (κ1) is 19.4. The summed E-state index contributed by atoms with van der Waals surface area (Å²) in [4.78, 5) is 19.0. The number of carbonyl (C=O) groups excluding carboxylic acids is 1. The maximum absolute atomic E-state index is 12.3. The molecule has 1 N–H and O–H groups in total. The summed E-state index contributed by atoms with van der Waals surface area (Å²) in [6, 6.07) is 13.9. The van der Waals surface area contributed by atoms with Crippen LogP contribution in [0.15, 0.2) is 48.5 Å². The smallest absolute Gasteiger partial charge is 0.250 e. The molecule has 1 aliphatic rings. The Labute approximate surface area is 173 Å². The van der Waals surface area contributed by atoms with E-state index in [1.54, 1.807) is 6.08 Å². The van der Waals surface area contributed by atoms with Gasteiger partial charge in [0.2, 0.25) is 5.91 Å². The third-order valence-electron chi connectivity index (χ3n) is 4.60. The molecule has 29 heavy (non-hydrogen) atoms. The molecular formula is C22H23N3O3S. The van der Waals surface area contributed by atoms with Crippen LogP contribution in [0.25, 0.3) is 16.3 Å². The van der Waals surface area contributed by atoms with Crippen molar-refractivity contribution in [2.75, 3.05) is 43.1 Å². The molecule has 1 fully saturated rings. The van der Waals surface area contributed by atoms with Gasteiger partial charge in [-0.3, -0.25) is 10.1 Å². The molecule has 150 valence electrons. The quantitative estimate of drug-likeness (QED) is 0.619. The predicted octanol–water partition coefficient (Wildman–Crippen LogP) is 4.18. The monoisotopic (exact) mass is 409 g/mol. The van der Waals surface area contributed by atoms with Gasteiger partial charge in [-0.15, -0.1) is 0 Å². The van der Waals surface area contributed by atoms with Crippen LogP contribution in [0.1, 0.15) is 12.5 Å². The standard InChI is InChI=1S/C22H23N3O3S/c1-2-28-18-8-9-19-20(15-18)29-22(23-19)24-21(26)10-5-16-3-6-17(7-4-16)25-11-13-27-14-12-25/h3-10,15H,2,11-14H2,1H3,(H,23,24,26). The molecule has 1 aliphatic heterocycles. The molecule has 0 unspecified atom stereocenters. The molecule has 7 heteroatoms. The maximum Gasteiger partial charge on any atom is 0.250 e. The molecule has 0 aliphatic carbocycles. The Morgan fingerprint density at radius 1 is 1.24 bits per heavy atom. The average Bonchev–Trinajstić information content (AvgIpc) is 3.15. The number of nitrogens with zero attached hydrogens (tertiary/aromatic N) is 2. The summed E-state index contributed by atoms with van der Waals surface area (Å²) in [6.45, 7) is 5.91. The molecule has 0 radical (unpaired) electrons. The van der Waals surface area contributed by atoms with E-state index in [4.69, 9.17) is 9.47 Å². The second-order valence-corrected chi connectivity index (χ2v) is 7.63. The first-order chi connectivity index (χ1) is 14.2. The highest BCUT2D eigenvalue weighted by Gasteiger charge is 2.10. The lowest BCUT2D eigenvalue weighted by atomic mass is 10.1. The Hall–Kier alpha value is -2.90. The number of thiazole rings is 1. The largest absolute Gasteiger partial charge is 0.494 e. The SMILES string of the molecule is CCOc1ccc2nc(NC(=O)C=Cc3ccc(N4CCOCC4)cc3)sc2c1. The zero-order valence-electron chi connectivity index (χ0n) is 16.3. The van der Waals surface area contributed by atoms with Gasteiger partial charge in [-0.05, 0) is 48.9 Å². The molecule has 0 saturated carbocycles. The highest BCUT2D eigenvalue weighted by Crippen LogP contribution is 2.29. The van der Waals surface area contributed by atoms with Crippen LogP contribution < -0.4 is 15.0 Å². The zero-order chi connectivity index (χ0) is 20.1. The number of ether oxygens (including phenoxy) is 2. The van der Waals surface area contributed by atoms with E-state index in [0.29, 0.717) is 11.7 Å². The van der Waals surface area contributed by atoms with Gasteiger partial charge in [0.25, 0.3) is 0 Å². The van der Waals surface area contributed by atoms with E-state index in [9.17, 15) is 4.79 Å². The number of amides is 1. The van der Waals surface area contributed by atoms with Gasteiger partial charge < -0.3 is 14.4 Å². The minimum atomic E-state index is -0.202. The maximum atomic E-state index is 12.3. The fourth-order valence-electron chi connectivity index (χ4n) is 3.15. The van der Waals surface area contributed by atoms with E-state index >= 15 is 0 Å². The Morgan fingerprint density at radius 2 is 2.03 bits per heavy atom. The topological polar surface area (TPSA) is 63.7 Å². The van der Waals surface area contributed by atoms with E-state index in [2.05, 4.69) is 27.3 Å². The van der Waals surface area contributed by atoms with Gasteiger partial charge in [-0.25, -0.2) is 4.98 Å². The van der Waals surface area contributed by atoms with Gasteiger partial charge in [0.1, 0.15) is 5.75 Å². The molecule has 0 bridgehead atoms. The zero-order valence-corrected chi connectivity index (χ0v) is 17.1. The van der Waals surface area contributed by atoms with Crippen molar-refractivity contribution in [3.63, 3.8) is 0 Å². The number of benzene rings is 2. The fraction of sp³-hybridized carbons (Fsp3) is 0.273. The van der Waals surface area contributed by atoms with E-state index < -0.39 is 0 Å². The predicted molar refractivity (Wildman–Crippen MR) is 118 cm³/mol. The third-order valence-corrected chi connectivity index (χ3v) is 5.53. The number of carbonyl (C=O) groups is 1. The molecular weight excluding hydrogens is 386 g/mol. The molecule has 4 rings (SSSR count). The lowest BCUT2D eigenvalue weighted by Gasteiger charge is -2.28. The van der Waals surface area contributed by atoms with Crippen molar-refractivity contribution in [2.24, 2.45) is 0 Å². The minimum absolute atomic E-state index is 0.202. The van der Waals surface area contributed by atoms with Crippen LogP contribution in [0.3, 0.4) is 0 Å². The lowest BCUT2D eigenvalue weighted by molar-refractivity contribution is -0.111. The second-order valence-electron chi connectivity index (χ2n) is 6.60. The average molecular weight is 410 g/mol. The van der Waals surface area contributed by atoms with Crippen LogP contribution in [-0.2, 0) is 9.53 Å². The van der Waals surface area contributed by atoms with E-state index in [1.807, 2.05) is 37.3 Å². The molecule has 3 aromatic rings. The fourth-order valence-corrected chi connectivity index (χ4v) is 4.05. The highest BCUT2D eigenvalue weighted by atomic mass is 32.1. The van der Waals surface area contributed by atoms with Crippen LogP contribution in [0.4, 0.5) is 10.8 Å². The second kappa shape index (κ2) is 9.07. The highest BCUT2D eigenvalue weighted by molar-refractivity contribution is 7.22. The molecule has 1 amide bonds. The Morgan fingerprint density at radius 3 is 2.79 bits per heavy atom. The Kier molecular flexibility index (Phi) is 6.07. The molecule has 0 spiro atoms. The van der Waals surface area contributed by atoms with Gasteiger partial charge in [-0.1, -0.05) is 23.5 Å². The van der Waals surface area contributed by atoms with Gasteiger partial charge in [0.15, 0.2) is 5.13 Å². The Balaban J connectivity index is 1.37. The van der Waals surface area contributed by atoms with Gasteiger partial charge >= 0.3 is 0 Å². The van der Waals surface area contributed by atoms with Crippen LogP contribution in [-0.4, -0.2) is 43.8 Å². The number of aromatic nitrogens is 1. The summed E-state index contributed by atoms with van der Waals surface area (Å²) in [5.74, 6) is 0.605. The summed E-state index contributed by atoms with van der Waals surface area (Å²) < 4.78 is 11.9. The van der Waals surface area contributed by atoms with E-state index in [1.165, 1.54) is 23.1 Å². The number of anilines is 2. The van der Waals surface area contributed by atoms with Crippen molar-refractivity contribution < 1.29 is 14.3 Å². The Bertz CT molecular complexity index is 1010. The molecule has 1 saturated heterocycles. The van der Waals surface area contributed by atoms with Gasteiger partial charge in [0, 0.05) is 24.9 Å². The van der Waals surface area contributed by atoms with Crippen LogP contribution in [0.5, 0.6) is 5.75 Å². The summed E-state index contributed by atoms with van der Waals surface area (Å²) in [5.41, 5.74) is 3.00. The minimum Gasteiger partial charge on any atom is -0.494 e. The van der Waals surface area contributed by atoms with E-state index in [0.717, 1.165) is 47.8 Å². The number of fused-ring (bicyclic) bond motifs is 1. The van der Waals surface area contributed by atoms with Crippen molar-refractivity contribution >= 4 is 44.4 Å². The molecule has 6 nitrogen and oxygen atoms in total. The molecule has 0 atom stereocenters. The number of hydrogen-bond donors (Lipinski definition) is 1. The van der Waals surface area contributed by atoms with Crippen molar-refractivity contribution in [1.29, 1.82) is 0 Å². The van der Waals surface area contributed by atoms with Gasteiger partial charge in [-0.2, -0.15) is 0 Å². The summed E-state index contributed by atoms with van der Waals surface area (Å²) in [5, 5.41) is 3.41. The van der Waals surface area contributed by atoms with Crippen LogP contribution in [0.2, 0.25) is 0 Å². The van der Waals surface area contributed by atoms with E-state index in [-0.39, 0.29) is 5.91 Å². The lowest BCUT2D eigenvalue weighted by Crippen LogP contribution is -2.36. The first-order valence-electron chi connectivity index (χ1n) is 9.66. The van der Waals surface area contributed by atoms with Gasteiger partial charge in [0.05, 0.1) is 30.0 Å². The van der Waals surface area contributed by atoms with Crippen molar-refractivity contribution in [3.8, 4) is 5.75 Å². The number of hydrogen-bond acceptors (Lipinski definition) is 6. The molecule has 1 aromatic heterocycles. The van der Waals surface area contributed by atoms with Crippen LogP contribution >= 0.6 is 11.3 Å². The number of nitrogens with one attached hydrogen (secondary N) is 1. The van der Waals surface area contributed by atoms with Crippen molar-refractivity contribution in [3.05, 3.63) is 54.1 Å². The van der Waals surface area contributed by atoms with Crippen molar-refractivity contribution in [1.82, 2.24) is 4.98 Å². The number of morpholine rings is 1. The van der Waals surface area contributed by atoms with Crippen molar-refractivity contribution in [2.45, 2.75) is 6.92 Å². The molecule has 2 aromatic carbocycles. The normalized spacial score (nSPS) is 14.4. The third kappa shape index (κ3) is 4.93. The summed E-state index contributed by atoms with van der Waals surface area (Å²) >= 11 is 1.43. The van der Waals surface area contributed by atoms with Crippen LogP contribution in [0, 0.1) is 0 Å². The summed E-state index contributed by atoms with van der Waals surface area (Å²) in [7, 11) is 0.